The van der Waals surface area contributed by atoms with Crippen LogP contribution in [0.1, 0.15) is 51.4 Å². The van der Waals surface area contributed by atoms with Crippen LogP contribution in [0.3, 0.4) is 0 Å². The molecule has 0 radical (unpaired) electrons. The fourth-order valence-corrected chi connectivity index (χ4v) is 3.58. The van der Waals surface area contributed by atoms with Gasteiger partial charge in [0.25, 0.3) is 0 Å². The molecule has 1 saturated heterocycles. The van der Waals surface area contributed by atoms with Crippen LogP contribution in [0.5, 0.6) is 0 Å². The molecular weight excluding hydrogens is 282 g/mol. The van der Waals surface area contributed by atoms with E-state index in [4.69, 9.17) is 4.74 Å². The molecule has 1 aliphatic heterocycles. The second-order valence-electron chi connectivity index (χ2n) is 5.36. The van der Waals surface area contributed by atoms with Gasteiger partial charge in [-0.25, -0.2) is 0 Å². The van der Waals surface area contributed by atoms with Crippen LogP contribution in [0.15, 0.2) is 0 Å². The summed E-state index contributed by atoms with van der Waals surface area (Å²) in [4.78, 5) is 12.0. The highest BCUT2D eigenvalue weighted by atomic mass is 79.9. The lowest BCUT2D eigenvalue weighted by atomic mass is 9.83. The van der Waals surface area contributed by atoms with Gasteiger partial charge >= 0.3 is 0 Å². The summed E-state index contributed by atoms with van der Waals surface area (Å²) in [5.41, 5.74) is 0.00787. The van der Waals surface area contributed by atoms with Crippen molar-refractivity contribution in [3.05, 3.63) is 0 Å². The number of hydrogen-bond donors (Lipinski definition) is 1. The molecule has 3 nitrogen and oxygen atoms in total. The number of carbonyl (C=O) groups excluding carboxylic acids is 1. The van der Waals surface area contributed by atoms with Crippen molar-refractivity contribution < 1.29 is 9.53 Å². The first kappa shape index (κ1) is 13.3. The Hall–Kier alpha value is -0.0900. The molecular formula is C13H22BrNO2. The lowest BCUT2D eigenvalue weighted by molar-refractivity contribution is -0.125. The van der Waals surface area contributed by atoms with Gasteiger partial charge in [-0.3, -0.25) is 4.79 Å². The number of halogens is 1. The van der Waals surface area contributed by atoms with Crippen LogP contribution in [0.2, 0.25) is 0 Å². The molecule has 2 aliphatic rings. The van der Waals surface area contributed by atoms with E-state index < -0.39 is 0 Å². The highest BCUT2D eigenvalue weighted by Crippen LogP contribution is 2.30. The Morgan fingerprint density at radius 1 is 1.29 bits per heavy atom. The van der Waals surface area contributed by atoms with Gasteiger partial charge in [-0.1, -0.05) is 35.2 Å². The molecule has 4 heteroatoms. The van der Waals surface area contributed by atoms with Gasteiger partial charge in [-0.05, 0) is 25.7 Å². The summed E-state index contributed by atoms with van der Waals surface area (Å²) >= 11 is 3.56. The van der Waals surface area contributed by atoms with E-state index in [1.807, 2.05) is 0 Å². The van der Waals surface area contributed by atoms with E-state index in [1.165, 1.54) is 19.3 Å². The summed E-state index contributed by atoms with van der Waals surface area (Å²) in [5.74, 6) is 0.165. The number of rotatable bonds is 4. The molecule has 2 fully saturated rings. The standard InChI is InChI=1S/C13H22BrNO2/c14-10-13(6-2-1-3-7-13)15-12(16)9-11-5-4-8-17-11/h11H,1-10H2,(H,15,16). The molecule has 2 rings (SSSR count). The Morgan fingerprint density at radius 2 is 2.06 bits per heavy atom. The molecule has 98 valence electrons. The number of carbonyl (C=O) groups is 1. The predicted molar refractivity (Wildman–Crippen MR) is 71.3 cm³/mol. The fourth-order valence-electron chi connectivity index (χ4n) is 2.88. The van der Waals surface area contributed by atoms with E-state index >= 15 is 0 Å². The summed E-state index contributed by atoms with van der Waals surface area (Å²) in [6.07, 6.45) is 8.80. The number of nitrogens with one attached hydrogen (secondary N) is 1. The molecule has 1 atom stereocenters. The topological polar surface area (TPSA) is 38.3 Å². The summed E-state index contributed by atoms with van der Waals surface area (Å²) < 4.78 is 5.51. The lowest BCUT2D eigenvalue weighted by Crippen LogP contribution is -2.51. The first-order valence-electron chi connectivity index (χ1n) is 6.73. The van der Waals surface area contributed by atoms with Crippen LogP contribution in [0.25, 0.3) is 0 Å². The Labute approximate surface area is 112 Å². The average molecular weight is 304 g/mol. The Bertz CT molecular complexity index is 258. The molecule has 0 spiro atoms. The monoisotopic (exact) mass is 303 g/mol. The SMILES string of the molecule is O=C(CC1CCCO1)NC1(CBr)CCCCC1. The summed E-state index contributed by atoms with van der Waals surface area (Å²) in [7, 11) is 0. The predicted octanol–water partition coefficient (Wildman–Crippen LogP) is 2.77. The second kappa shape index (κ2) is 6.19. The van der Waals surface area contributed by atoms with Gasteiger partial charge in [-0.2, -0.15) is 0 Å². The molecule has 0 aromatic carbocycles. The van der Waals surface area contributed by atoms with Crippen molar-refractivity contribution >= 4 is 21.8 Å². The number of hydrogen-bond acceptors (Lipinski definition) is 2. The Morgan fingerprint density at radius 3 is 2.65 bits per heavy atom. The van der Waals surface area contributed by atoms with Gasteiger partial charge in [0.05, 0.1) is 12.5 Å². The quantitative estimate of drug-likeness (QED) is 0.811. The fraction of sp³-hybridized carbons (Fsp3) is 0.923. The highest BCUT2D eigenvalue weighted by molar-refractivity contribution is 9.09. The largest absolute Gasteiger partial charge is 0.378 e. The van der Waals surface area contributed by atoms with Crippen molar-refractivity contribution in [3.8, 4) is 0 Å². The van der Waals surface area contributed by atoms with Gasteiger partial charge in [0.2, 0.25) is 5.91 Å². The molecule has 0 aromatic heterocycles. The van der Waals surface area contributed by atoms with Gasteiger partial charge < -0.3 is 10.1 Å². The van der Waals surface area contributed by atoms with Crippen molar-refractivity contribution in [2.24, 2.45) is 0 Å². The molecule has 1 saturated carbocycles. The van der Waals surface area contributed by atoms with Crippen LogP contribution in [-0.4, -0.2) is 29.5 Å². The van der Waals surface area contributed by atoms with Crippen LogP contribution in [0, 0.1) is 0 Å². The zero-order chi connectivity index (χ0) is 12.1. The molecule has 1 aliphatic carbocycles. The molecule has 1 unspecified atom stereocenters. The Kier molecular flexibility index (Phi) is 4.86. The lowest BCUT2D eigenvalue weighted by Gasteiger charge is -2.37. The molecule has 0 aromatic rings. The maximum absolute atomic E-state index is 12.0. The molecule has 1 N–H and O–H groups in total. The van der Waals surface area contributed by atoms with E-state index in [9.17, 15) is 4.79 Å². The Balaban J connectivity index is 1.82. The summed E-state index contributed by atoms with van der Waals surface area (Å²) in [5, 5.41) is 4.12. The van der Waals surface area contributed by atoms with Crippen molar-refractivity contribution in [2.75, 3.05) is 11.9 Å². The van der Waals surface area contributed by atoms with Crippen molar-refractivity contribution in [1.29, 1.82) is 0 Å². The highest BCUT2D eigenvalue weighted by Gasteiger charge is 2.33. The van der Waals surface area contributed by atoms with Crippen LogP contribution in [0.4, 0.5) is 0 Å². The number of alkyl halides is 1. The minimum absolute atomic E-state index is 0.00787. The van der Waals surface area contributed by atoms with Crippen molar-refractivity contribution in [1.82, 2.24) is 5.32 Å². The zero-order valence-corrected chi connectivity index (χ0v) is 11.9. The molecule has 0 bridgehead atoms. The molecule has 1 heterocycles. The molecule has 1 amide bonds. The van der Waals surface area contributed by atoms with Crippen molar-refractivity contribution in [2.45, 2.75) is 63.0 Å². The maximum atomic E-state index is 12.0. The van der Waals surface area contributed by atoms with Gasteiger partial charge in [-0.15, -0.1) is 0 Å². The summed E-state index contributed by atoms with van der Waals surface area (Å²) in [6, 6.07) is 0. The van der Waals surface area contributed by atoms with E-state index in [2.05, 4.69) is 21.2 Å². The van der Waals surface area contributed by atoms with Crippen LogP contribution < -0.4 is 5.32 Å². The first-order chi connectivity index (χ1) is 8.24. The maximum Gasteiger partial charge on any atom is 0.223 e. The molecule has 17 heavy (non-hydrogen) atoms. The third kappa shape index (κ3) is 3.68. The minimum atomic E-state index is 0.00787. The minimum Gasteiger partial charge on any atom is -0.378 e. The van der Waals surface area contributed by atoms with Crippen LogP contribution >= 0.6 is 15.9 Å². The van der Waals surface area contributed by atoms with Gasteiger partial charge in [0.1, 0.15) is 0 Å². The third-order valence-corrected chi connectivity index (χ3v) is 4.98. The van der Waals surface area contributed by atoms with E-state index in [1.54, 1.807) is 0 Å². The summed E-state index contributed by atoms with van der Waals surface area (Å²) in [6.45, 7) is 0.821. The van der Waals surface area contributed by atoms with Gasteiger partial charge in [0, 0.05) is 17.5 Å². The average Bonchev–Trinajstić information content (AvgIpc) is 2.83. The van der Waals surface area contributed by atoms with E-state index in [0.717, 1.165) is 37.6 Å². The van der Waals surface area contributed by atoms with E-state index in [0.29, 0.717) is 6.42 Å². The normalized spacial score (nSPS) is 27.9. The zero-order valence-electron chi connectivity index (χ0n) is 10.3. The third-order valence-electron chi connectivity index (χ3n) is 3.91. The van der Waals surface area contributed by atoms with Crippen molar-refractivity contribution in [3.63, 3.8) is 0 Å². The second-order valence-corrected chi connectivity index (χ2v) is 5.92. The number of amides is 1. The van der Waals surface area contributed by atoms with E-state index in [-0.39, 0.29) is 17.6 Å². The first-order valence-corrected chi connectivity index (χ1v) is 7.85. The smallest absolute Gasteiger partial charge is 0.223 e. The number of ether oxygens (including phenoxy) is 1. The van der Waals surface area contributed by atoms with Crippen LogP contribution in [-0.2, 0) is 9.53 Å². The van der Waals surface area contributed by atoms with Gasteiger partial charge in [0.15, 0.2) is 0 Å².